The molecule has 2 aromatic rings. The van der Waals surface area contributed by atoms with Crippen molar-refractivity contribution in [3.8, 4) is 0 Å². The molecule has 0 spiro atoms. The molecule has 1 N–H and O–H groups in total. The van der Waals surface area contributed by atoms with E-state index < -0.39 is 0 Å². The van der Waals surface area contributed by atoms with Crippen molar-refractivity contribution < 1.29 is 9.13 Å². The third kappa shape index (κ3) is 3.53. The van der Waals surface area contributed by atoms with E-state index in [4.69, 9.17) is 16.3 Å². The second-order valence-electron chi connectivity index (χ2n) is 5.08. The molecule has 118 valence electrons. The number of halogens is 2. The summed E-state index contributed by atoms with van der Waals surface area (Å²) in [6.07, 6.45) is 2.03. The number of thioether (sulfide) groups is 1. The number of rotatable bonds is 5. The Hall–Kier alpha value is -1.31. The van der Waals surface area contributed by atoms with Crippen molar-refractivity contribution in [2.75, 3.05) is 6.61 Å². The summed E-state index contributed by atoms with van der Waals surface area (Å²) >= 11 is 7.39. The van der Waals surface area contributed by atoms with Crippen molar-refractivity contribution in [2.45, 2.75) is 36.4 Å². The maximum atomic E-state index is 13.0. The molecule has 1 aromatic heterocycles. The Bertz CT molecular complexity index is 712. The molecule has 1 aromatic carbocycles. The van der Waals surface area contributed by atoms with Gasteiger partial charge >= 0.3 is 5.69 Å². The summed E-state index contributed by atoms with van der Waals surface area (Å²) in [4.78, 5) is 11.9. The fraction of sp³-hybridized carbons (Fsp3) is 0.429. The van der Waals surface area contributed by atoms with Gasteiger partial charge in [-0.1, -0.05) is 29.4 Å². The SMILES string of the molecule is O=c1[nH]nc(SCc2ccc(F)cc2Cl)n1C[C@H]1CCCO1. The van der Waals surface area contributed by atoms with E-state index in [-0.39, 0.29) is 17.6 Å². The predicted molar refractivity (Wildman–Crippen MR) is 82.8 cm³/mol. The number of aromatic nitrogens is 3. The van der Waals surface area contributed by atoms with Gasteiger partial charge in [0.2, 0.25) is 0 Å². The smallest absolute Gasteiger partial charge is 0.344 e. The Balaban J connectivity index is 1.71. The second kappa shape index (κ2) is 6.85. The van der Waals surface area contributed by atoms with E-state index in [1.54, 1.807) is 10.6 Å². The summed E-state index contributed by atoms with van der Waals surface area (Å²) in [5.41, 5.74) is 0.551. The number of hydrogen-bond acceptors (Lipinski definition) is 4. The molecule has 1 aliphatic rings. The first-order chi connectivity index (χ1) is 10.6. The van der Waals surface area contributed by atoms with Crippen molar-refractivity contribution in [3.05, 3.63) is 45.1 Å². The molecule has 0 amide bonds. The van der Waals surface area contributed by atoms with Gasteiger partial charge in [0.25, 0.3) is 0 Å². The molecule has 2 heterocycles. The van der Waals surface area contributed by atoms with Crippen molar-refractivity contribution in [1.29, 1.82) is 0 Å². The first kappa shape index (κ1) is 15.6. The third-order valence-electron chi connectivity index (χ3n) is 3.51. The quantitative estimate of drug-likeness (QED) is 0.848. The van der Waals surface area contributed by atoms with Crippen LogP contribution in [0.2, 0.25) is 5.02 Å². The van der Waals surface area contributed by atoms with Crippen LogP contribution in [0.25, 0.3) is 0 Å². The molecule has 1 fully saturated rings. The molecule has 3 rings (SSSR count). The molecule has 1 atom stereocenters. The lowest BCUT2D eigenvalue weighted by Gasteiger charge is -2.11. The van der Waals surface area contributed by atoms with Crippen LogP contribution >= 0.6 is 23.4 Å². The van der Waals surface area contributed by atoms with Crippen LogP contribution in [0.4, 0.5) is 4.39 Å². The predicted octanol–water partition coefficient (Wildman–Crippen LogP) is 2.84. The van der Waals surface area contributed by atoms with Crippen LogP contribution in [-0.4, -0.2) is 27.5 Å². The minimum atomic E-state index is -0.367. The molecule has 8 heteroatoms. The Morgan fingerprint density at radius 1 is 1.55 bits per heavy atom. The summed E-state index contributed by atoms with van der Waals surface area (Å²) < 4.78 is 20.2. The molecule has 0 radical (unpaired) electrons. The molecule has 22 heavy (non-hydrogen) atoms. The minimum absolute atomic E-state index is 0.0593. The van der Waals surface area contributed by atoms with Gasteiger partial charge in [-0.25, -0.2) is 14.3 Å². The standard InChI is InChI=1S/C14H15ClFN3O2S/c15-12-6-10(16)4-3-9(12)8-22-14-18-17-13(20)19(14)7-11-2-1-5-21-11/h3-4,6,11H,1-2,5,7-8H2,(H,17,20)/t11-/m1/s1. The van der Waals surface area contributed by atoms with Gasteiger partial charge in [-0.2, -0.15) is 0 Å². The Kier molecular flexibility index (Phi) is 4.85. The van der Waals surface area contributed by atoms with Gasteiger partial charge in [0.05, 0.1) is 12.6 Å². The zero-order valence-corrected chi connectivity index (χ0v) is 13.3. The highest BCUT2D eigenvalue weighted by Crippen LogP contribution is 2.26. The molecule has 0 saturated carbocycles. The van der Waals surface area contributed by atoms with Gasteiger partial charge in [-0.3, -0.25) is 4.57 Å². The summed E-state index contributed by atoms with van der Waals surface area (Å²) in [5, 5.41) is 7.45. The van der Waals surface area contributed by atoms with Gasteiger partial charge in [0.15, 0.2) is 5.16 Å². The maximum absolute atomic E-state index is 13.0. The lowest BCUT2D eigenvalue weighted by atomic mass is 10.2. The van der Waals surface area contributed by atoms with Crippen LogP contribution in [-0.2, 0) is 17.0 Å². The van der Waals surface area contributed by atoms with E-state index in [1.807, 2.05) is 0 Å². The van der Waals surface area contributed by atoms with Gasteiger partial charge in [0.1, 0.15) is 5.82 Å². The van der Waals surface area contributed by atoms with Crippen molar-refractivity contribution in [1.82, 2.24) is 14.8 Å². The lowest BCUT2D eigenvalue weighted by molar-refractivity contribution is 0.0941. The summed E-state index contributed by atoms with van der Waals surface area (Å²) in [5.74, 6) is 0.142. The average molecular weight is 344 g/mol. The van der Waals surface area contributed by atoms with E-state index in [9.17, 15) is 9.18 Å². The van der Waals surface area contributed by atoms with E-state index >= 15 is 0 Å². The van der Waals surface area contributed by atoms with Gasteiger partial charge in [-0.05, 0) is 30.5 Å². The van der Waals surface area contributed by atoms with Crippen LogP contribution in [0.15, 0.2) is 28.2 Å². The van der Waals surface area contributed by atoms with E-state index in [0.717, 1.165) is 25.0 Å². The molecule has 1 aliphatic heterocycles. The molecule has 0 bridgehead atoms. The van der Waals surface area contributed by atoms with E-state index in [0.29, 0.717) is 22.5 Å². The first-order valence-corrected chi connectivity index (χ1v) is 8.33. The van der Waals surface area contributed by atoms with Crippen LogP contribution in [0.3, 0.4) is 0 Å². The fourth-order valence-electron chi connectivity index (χ4n) is 2.35. The third-order valence-corrected chi connectivity index (χ3v) is 4.88. The van der Waals surface area contributed by atoms with Gasteiger partial charge in [0, 0.05) is 17.4 Å². The largest absolute Gasteiger partial charge is 0.376 e. The number of benzene rings is 1. The van der Waals surface area contributed by atoms with Crippen LogP contribution in [0, 0.1) is 5.82 Å². The highest BCUT2D eigenvalue weighted by molar-refractivity contribution is 7.98. The molecule has 0 unspecified atom stereocenters. The summed E-state index contributed by atoms with van der Waals surface area (Å²) in [7, 11) is 0. The average Bonchev–Trinajstić information content (AvgIpc) is 3.11. The molecule has 1 saturated heterocycles. The first-order valence-electron chi connectivity index (χ1n) is 6.97. The second-order valence-corrected chi connectivity index (χ2v) is 6.43. The summed E-state index contributed by atoms with van der Waals surface area (Å²) in [6.45, 7) is 1.24. The number of hydrogen-bond donors (Lipinski definition) is 1. The number of ether oxygens (including phenoxy) is 1. The normalized spacial score (nSPS) is 18.0. The number of nitrogens with zero attached hydrogens (tertiary/aromatic N) is 2. The van der Waals surface area contributed by atoms with E-state index in [1.165, 1.54) is 23.9 Å². The fourth-order valence-corrected chi connectivity index (χ4v) is 3.62. The maximum Gasteiger partial charge on any atom is 0.344 e. The minimum Gasteiger partial charge on any atom is -0.376 e. The molecular weight excluding hydrogens is 329 g/mol. The Morgan fingerprint density at radius 3 is 3.14 bits per heavy atom. The topological polar surface area (TPSA) is 59.9 Å². The Morgan fingerprint density at radius 2 is 2.41 bits per heavy atom. The molecule has 0 aliphatic carbocycles. The zero-order chi connectivity index (χ0) is 15.5. The number of H-pyrrole nitrogens is 1. The lowest BCUT2D eigenvalue weighted by Crippen LogP contribution is -2.24. The van der Waals surface area contributed by atoms with Gasteiger partial charge in [-0.15, -0.1) is 5.10 Å². The Labute approximate surface area is 135 Å². The highest BCUT2D eigenvalue weighted by Gasteiger charge is 2.19. The van der Waals surface area contributed by atoms with Crippen LogP contribution in [0.5, 0.6) is 0 Å². The number of nitrogens with one attached hydrogen (secondary N) is 1. The zero-order valence-electron chi connectivity index (χ0n) is 11.7. The molecular formula is C14H15ClFN3O2S. The van der Waals surface area contributed by atoms with Crippen LogP contribution < -0.4 is 5.69 Å². The molecule has 5 nitrogen and oxygen atoms in total. The van der Waals surface area contributed by atoms with Crippen molar-refractivity contribution >= 4 is 23.4 Å². The highest BCUT2D eigenvalue weighted by atomic mass is 35.5. The van der Waals surface area contributed by atoms with Crippen LogP contribution in [0.1, 0.15) is 18.4 Å². The summed E-state index contributed by atoms with van der Waals surface area (Å²) in [6, 6.07) is 4.28. The van der Waals surface area contributed by atoms with E-state index in [2.05, 4.69) is 10.2 Å². The van der Waals surface area contributed by atoms with Crippen molar-refractivity contribution in [2.24, 2.45) is 0 Å². The monoisotopic (exact) mass is 343 g/mol. The number of aromatic amines is 1. The van der Waals surface area contributed by atoms with Crippen molar-refractivity contribution in [3.63, 3.8) is 0 Å². The van der Waals surface area contributed by atoms with Gasteiger partial charge < -0.3 is 4.74 Å².